The fourth-order valence-corrected chi connectivity index (χ4v) is 2.67. The van der Waals surface area contributed by atoms with Crippen LogP contribution in [0.4, 0.5) is 5.69 Å². The summed E-state index contributed by atoms with van der Waals surface area (Å²) in [5.41, 5.74) is 4.25. The number of rotatable bonds is 2. The van der Waals surface area contributed by atoms with Crippen LogP contribution in [-0.2, 0) is 17.7 Å². The maximum atomic E-state index is 5.48. The van der Waals surface area contributed by atoms with E-state index in [0.29, 0.717) is 0 Å². The molecule has 0 atom stereocenters. The topological polar surface area (TPSA) is 24.5 Å². The van der Waals surface area contributed by atoms with Gasteiger partial charge in [0, 0.05) is 38.5 Å². The maximum Gasteiger partial charge on any atom is 0.0593 e. The van der Waals surface area contributed by atoms with Crippen LogP contribution >= 0.6 is 0 Å². The molecule has 1 N–H and O–H groups in total. The van der Waals surface area contributed by atoms with Crippen LogP contribution in [0.1, 0.15) is 17.5 Å². The standard InChI is InChI=1S/C14H20N2O/c1-6-16(7-9-17-8-1)11-12-2-3-14-13(10-12)4-5-15-14/h2-3,10,15H,1,4-9,11H2. The average molecular weight is 232 g/mol. The molecule has 1 saturated heterocycles. The summed E-state index contributed by atoms with van der Waals surface area (Å²) in [6.45, 7) is 6.19. The zero-order valence-corrected chi connectivity index (χ0v) is 10.2. The quantitative estimate of drug-likeness (QED) is 0.842. The molecule has 0 spiro atoms. The first-order valence-corrected chi connectivity index (χ1v) is 6.57. The minimum Gasteiger partial charge on any atom is -0.384 e. The molecule has 3 nitrogen and oxygen atoms in total. The highest BCUT2D eigenvalue weighted by Crippen LogP contribution is 2.23. The highest BCUT2D eigenvalue weighted by Gasteiger charge is 2.13. The van der Waals surface area contributed by atoms with Crippen molar-refractivity contribution in [1.29, 1.82) is 0 Å². The van der Waals surface area contributed by atoms with Gasteiger partial charge in [0.05, 0.1) is 6.61 Å². The normalized spacial score (nSPS) is 20.7. The Kier molecular flexibility index (Phi) is 3.29. The summed E-state index contributed by atoms with van der Waals surface area (Å²) in [6, 6.07) is 6.84. The number of anilines is 1. The van der Waals surface area contributed by atoms with Gasteiger partial charge in [-0.2, -0.15) is 0 Å². The molecule has 0 aliphatic carbocycles. The Hall–Kier alpha value is -1.06. The molecule has 0 aromatic heterocycles. The molecule has 0 amide bonds. The van der Waals surface area contributed by atoms with E-state index < -0.39 is 0 Å². The second kappa shape index (κ2) is 5.07. The number of hydrogen-bond acceptors (Lipinski definition) is 3. The Bertz CT molecular complexity index is 384. The Morgan fingerprint density at radius 2 is 2.24 bits per heavy atom. The zero-order chi connectivity index (χ0) is 11.5. The lowest BCUT2D eigenvalue weighted by atomic mass is 10.1. The lowest BCUT2D eigenvalue weighted by Gasteiger charge is -2.19. The molecular weight excluding hydrogens is 212 g/mol. The van der Waals surface area contributed by atoms with E-state index in [1.165, 1.54) is 23.2 Å². The van der Waals surface area contributed by atoms with Crippen LogP contribution < -0.4 is 5.32 Å². The molecule has 2 aliphatic heterocycles. The van der Waals surface area contributed by atoms with Gasteiger partial charge in [-0.25, -0.2) is 0 Å². The summed E-state index contributed by atoms with van der Waals surface area (Å²) in [5, 5.41) is 3.41. The van der Waals surface area contributed by atoms with Crippen molar-refractivity contribution in [3.63, 3.8) is 0 Å². The lowest BCUT2D eigenvalue weighted by molar-refractivity contribution is 0.140. The molecule has 0 bridgehead atoms. The molecular formula is C14H20N2O. The van der Waals surface area contributed by atoms with E-state index in [1.54, 1.807) is 0 Å². The minimum atomic E-state index is 0.881. The maximum absolute atomic E-state index is 5.48. The summed E-state index contributed by atoms with van der Waals surface area (Å²) in [6.07, 6.45) is 2.33. The number of hydrogen-bond donors (Lipinski definition) is 1. The van der Waals surface area contributed by atoms with Crippen LogP contribution in [0.25, 0.3) is 0 Å². The largest absolute Gasteiger partial charge is 0.384 e. The van der Waals surface area contributed by atoms with Crippen molar-refractivity contribution in [2.75, 3.05) is 38.2 Å². The lowest BCUT2D eigenvalue weighted by Crippen LogP contribution is -2.25. The number of nitrogens with zero attached hydrogens (tertiary/aromatic N) is 1. The van der Waals surface area contributed by atoms with E-state index in [-0.39, 0.29) is 0 Å². The van der Waals surface area contributed by atoms with Gasteiger partial charge < -0.3 is 10.1 Å². The molecule has 0 saturated carbocycles. The first kappa shape index (κ1) is 11.1. The van der Waals surface area contributed by atoms with Crippen molar-refractivity contribution in [3.05, 3.63) is 29.3 Å². The molecule has 92 valence electrons. The highest BCUT2D eigenvalue weighted by molar-refractivity contribution is 5.56. The summed E-state index contributed by atoms with van der Waals surface area (Å²) in [4.78, 5) is 2.50. The van der Waals surface area contributed by atoms with Crippen LogP contribution in [0.5, 0.6) is 0 Å². The number of nitrogens with one attached hydrogen (secondary N) is 1. The molecule has 3 heteroatoms. The van der Waals surface area contributed by atoms with Gasteiger partial charge >= 0.3 is 0 Å². The van der Waals surface area contributed by atoms with Gasteiger partial charge in [-0.15, -0.1) is 0 Å². The van der Waals surface area contributed by atoms with Crippen molar-refractivity contribution >= 4 is 5.69 Å². The van der Waals surface area contributed by atoms with E-state index >= 15 is 0 Å². The zero-order valence-electron chi connectivity index (χ0n) is 10.2. The van der Waals surface area contributed by atoms with Crippen LogP contribution in [0.15, 0.2) is 18.2 Å². The first-order valence-electron chi connectivity index (χ1n) is 6.57. The predicted octanol–water partition coefficient (Wildman–Crippen LogP) is 1.88. The van der Waals surface area contributed by atoms with E-state index in [9.17, 15) is 0 Å². The van der Waals surface area contributed by atoms with Crippen molar-refractivity contribution in [3.8, 4) is 0 Å². The molecule has 1 fully saturated rings. The van der Waals surface area contributed by atoms with Gasteiger partial charge in [-0.05, 0) is 30.0 Å². The summed E-state index contributed by atoms with van der Waals surface area (Å²) in [5.74, 6) is 0. The molecule has 2 aliphatic rings. The first-order chi connectivity index (χ1) is 8.42. The summed E-state index contributed by atoms with van der Waals surface area (Å²) in [7, 11) is 0. The van der Waals surface area contributed by atoms with E-state index in [2.05, 4.69) is 28.4 Å². The monoisotopic (exact) mass is 232 g/mol. The number of ether oxygens (including phenoxy) is 1. The van der Waals surface area contributed by atoms with Gasteiger partial charge in [0.2, 0.25) is 0 Å². The van der Waals surface area contributed by atoms with Crippen LogP contribution in [-0.4, -0.2) is 37.7 Å². The SMILES string of the molecule is c1cc2c(cc1CN1CCCOCC1)CCN2. The molecule has 1 aromatic rings. The third kappa shape index (κ3) is 2.61. The summed E-state index contributed by atoms with van der Waals surface area (Å²) >= 11 is 0. The molecule has 0 unspecified atom stereocenters. The van der Waals surface area contributed by atoms with Crippen molar-refractivity contribution in [1.82, 2.24) is 4.90 Å². The van der Waals surface area contributed by atoms with Gasteiger partial charge in [-0.3, -0.25) is 4.90 Å². The second-order valence-corrected chi connectivity index (χ2v) is 4.91. The number of benzene rings is 1. The molecule has 3 rings (SSSR count). The van der Waals surface area contributed by atoms with Gasteiger partial charge in [0.15, 0.2) is 0 Å². The highest BCUT2D eigenvalue weighted by atomic mass is 16.5. The van der Waals surface area contributed by atoms with Gasteiger partial charge in [-0.1, -0.05) is 12.1 Å². The van der Waals surface area contributed by atoms with Crippen molar-refractivity contribution in [2.45, 2.75) is 19.4 Å². The smallest absolute Gasteiger partial charge is 0.0593 e. The average Bonchev–Trinajstić information content (AvgIpc) is 2.65. The summed E-state index contributed by atoms with van der Waals surface area (Å²) < 4.78 is 5.48. The Morgan fingerprint density at radius 3 is 3.24 bits per heavy atom. The van der Waals surface area contributed by atoms with Crippen LogP contribution in [0, 0.1) is 0 Å². The van der Waals surface area contributed by atoms with Crippen molar-refractivity contribution < 1.29 is 4.74 Å². The Morgan fingerprint density at radius 1 is 1.24 bits per heavy atom. The van der Waals surface area contributed by atoms with Crippen molar-refractivity contribution in [2.24, 2.45) is 0 Å². The Balaban J connectivity index is 1.67. The van der Waals surface area contributed by atoms with Gasteiger partial charge in [0.25, 0.3) is 0 Å². The molecule has 17 heavy (non-hydrogen) atoms. The van der Waals surface area contributed by atoms with E-state index in [4.69, 9.17) is 4.74 Å². The predicted molar refractivity (Wildman–Crippen MR) is 69.3 cm³/mol. The van der Waals surface area contributed by atoms with Gasteiger partial charge in [0.1, 0.15) is 0 Å². The number of fused-ring (bicyclic) bond motifs is 1. The molecule has 0 radical (unpaired) electrons. The van der Waals surface area contributed by atoms with E-state index in [1.807, 2.05) is 0 Å². The van der Waals surface area contributed by atoms with Crippen LogP contribution in [0.3, 0.4) is 0 Å². The fraction of sp³-hybridized carbons (Fsp3) is 0.571. The Labute approximate surface area is 103 Å². The third-order valence-electron chi connectivity index (χ3n) is 3.60. The second-order valence-electron chi connectivity index (χ2n) is 4.91. The van der Waals surface area contributed by atoms with Crippen LogP contribution in [0.2, 0.25) is 0 Å². The minimum absolute atomic E-state index is 0.881. The fourth-order valence-electron chi connectivity index (χ4n) is 2.67. The van der Waals surface area contributed by atoms with E-state index in [0.717, 1.165) is 45.8 Å². The third-order valence-corrected chi connectivity index (χ3v) is 3.60. The molecule has 1 aromatic carbocycles. The molecule has 2 heterocycles.